The van der Waals surface area contributed by atoms with Gasteiger partial charge >= 0.3 is 0 Å². The van der Waals surface area contributed by atoms with Crippen LogP contribution in [0, 0.1) is 11.3 Å². The van der Waals surface area contributed by atoms with Crippen LogP contribution in [0.2, 0.25) is 0 Å². The van der Waals surface area contributed by atoms with Gasteiger partial charge in [-0.15, -0.1) is 0 Å². The highest BCUT2D eigenvalue weighted by atomic mass is 32.2. The molecule has 1 unspecified atom stereocenters. The van der Waals surface area contributed by atoms with Crippen molar-refractivity contribution in [2.75, 3.05) is 16.8 Å². The fourth-order valence-corrected chi connectivity index (χ4v) is 4.80. The maximum Gasteiger partial charge on any atom is 0.152 e. The normalized spacial score (nSPS) is 23.9. The zero-order valence-corrected chi connectivity index (χ0v) is 12.7. The summed E-state index contributed by atoms with van der Waals surface area (Å²) in [5.41, 5.74) is 2.75. The van der Waals surface area contributed by atoms with E-state index in [9.17, 15) is 13.7 Å². The van der Waals surface area contributed by atoms with Crippen LogP contribution in [0.4, 0.5) is 5.82 Å². The first-order valence-electron chi connectivity index (χ1n) is 7.47. The highest BCUT2D eigenvalue weighted by molar-refractivity contribution is 7.91. The molecule has 1 atom stereocenters. The fourth-order valence-electron chi connectivity index (χ4n) is 3.16. The van der Waals surface area contributed by atoms with E-state index in [2.05, 4.69) is 16.4 Å². The largest absolute Gasteiger partial charge is 0.365 e. The summed E-state index contributed by atoms with van der Waals surface area (Å²) in [6, 6.07) is 3.97. The van der Waals surface area contributed by atoms with Crippen molar-refractivity contribution in [2.45, 2.75) is 44.6 Å². The molecule has 2 aliphatic rings. The van der Waals surface area contributed by atoms with Crippen molar-refractivity contribution in [2.24, 2.45) is 0 Å². The Hall–Kier alpha value is -1.61. The number of pyridine rings is 1. The van der Waals surface area contributed by atoms with Gasteiger partial charge in [0.25, 0.3) is 0 Å². The Morgan fingerprint density at radius 3 is 2.86 bits per heavy atom. The molecule has 1 saturated heterocycles. The minimum absolute atomic E-state index is 0.134. The van der Waals surface area contributed by atoms with Gasteiger partial charge in [0.1, 0.15) is 11.9 Å². The first-order chi connectivity index (χ1) is 10.1. The number of aromatic nitrogens is 1. The number of rotatable bonds is 2. The molecule has 1 aromatic rings. The molecule has 3 rings (SSSR count). The quantitative estimate of drug-likeness (QED) is 0.901. The second kappa shape index (κ2) is 5.64. The molecule has 1 aliphatic heterocycles. The molecule has 2 heterocycles. The molecule has 0 saturated carbocycles. The van der Waals surface area contributed by atoms with Crippen LogP contribution < -0.4 is 5.32 Å². The van der Waals surface area contributed by atoms with E-state index in [0.29, 0.717) is 17.8 Å². The van der Waals surface area contributed by atoms with Crippen LogP contribution >= 0.6 is 0 Å². The molecular formula is C15H19N3O2S. The first-order valence-corrected chi connectivity index (χ1v) is 9.29. The van der Waals surface area contributed by atoms with Gasteiger partial charge in [-0.2, -0.15) is 5.26 Å². The number of fused-ring (bicyclic) bond motifs is 1. The lowest BCUT2D eigenvalue weighted by Crippen LogP contribution is -2.35. The lowest BCUT2D eigenvalue weighted by atomic mass is 9.95. The molecule has 1 N–H and O–H groups in total. The van der Waals surface area contributed by atoms with Gasteiger partial charge in [0.05, 0.1) is 17.1 Å². The molecule has 1 aromatic heterocycles. The van der Waals surface area contributed by atoms with Gasteiger partial charge in [-0.05, 0) is 50.2 Å². The number of nitrogens with zero attached hydrogens (tertiary/aromatic N) is 2. The van der Waals surface area contributed by atoms with E-state index in [-0.39, 0.29) is 17.5 Å². The first kappa shape index (κ1) is 14.3. The number of anilines is 1. The van der Waals surface area contributed by atoms with Crippen molar-refractivity contribution < 1.29 is 8.42 Å². The Labute approximate surface area is 125 Å². The SMILES string of the molecule is N#Cc1cc2c(nc1NC1CCCS(=O)(=O)C1)CCCC2. The Morgan fingerprint density at radius 2 is 2.10 bits per heavy atom. The summed E-state index contributed by atoms with van der Waals surface area (Å²) in [6.07, 6.45) is 5.68. The second-order valence-electron chi connectivity index (χ2n) is 5.91. The fraction of sp³-hybridized carbons (Fsp3) is 0.600. The van der Waals surface area contributed by atoms with Crippen molar-refractivity contribution in [1.29, 1.82) is 5.26 Å². The summed E-state index contributed by atoms with van der Waals surface area (Å²) in [5.74, 6) is 0.963. The maximum absolute atomic E-state index is 11.7. The monoisotopic (exact) mass is 305 g/mol. The van der Waals surface area contributed by atoms with E-state index in [1.54, 1.807) is 0 Å². The van der Waals surface area contributed by atoms with E-state index in [0.717, 1.165) is 37.8 Å². The minimum Gasteiger partial charge on any atom is -0.365 e. The van der Waals surface area contributed by atoms with E-state index in [1.807, 2.05) is 6.07 Å². The summed E-state index contributed by atoms with van der Waals surface area (Å²) >= 11 is 0. The van der Waals surface area contributed by atoms with Crippen LogP contribution in [0.3, 0.4) is 0 Å². The Kier molecular flexibility index (Phi) is 3.85. The highest BCUT2D eigenvalue weighted by Crippen LogP contribution is 2.26. The van der Waals surface area contributed by atoms with Crippen LogP contribution in [-0.2, 0) is 22.7 Å². The number of aryl methyl sites for hydroxylation is 2. The predicted octanol–water partition coefficient (Wildman–Crippen LogP) is 1.82. The summed E-state index contributed by atoms with van der Waals surface area (Å²) in [5, 5.41) is 12.5. The number of sulfone groups is 1. The summed E-state index contributed by atoms with van der Waals surface area (Å²) in [7, 11) is -2.96. The molecule has 0 spiro atoms. The zero-order valence-electron chi connectivity index (χ0n) is 11.9. The van der Waals surface area contributed by atoms with Crippen molar-refractivity contribution in [3.05, 3.63) is 22.9 Å². The molecule has 112 valence electrons. The molecule has 5 nitrogen and oxygen atoms in total. The van der Waals surface area contributed by atoms with E-state index >= 15 is 0 Å². The van der Waals surface area contributed by atoms with Gasteiger partial charge in [-0.3, -0.25) is 0 Å². The van der Waals surface area contributed by atoms with E-state index in [4.69, 9.17) is 0 Å². The van der Waals surface area contributed by atoms with Crippen LogP contribution in [-0.4, -0.2) is 30.9 Å². The summed E-state index contributed by atoms with van der Waals surface area (Å²) < 4.78 is 23.4. The number of nitriles is 1. The third-order valence-corrected chi connectivity index (χ3v) is 6.05. The second-order valence-corrected chi connectivity index (χ2v) is 8.14. The van der Waals surface area contributed by atoms with E-state index in [1.165, 1.54) is 5.56 Å². The van der Waals surface area contributed by atoms with Gasteiger partial charge < -0.3 is 5.32 Å². The van der Waals surface area contributed by atoms with Gasteiger partial charge in [0.2, 0.25) is 0 Å². The topological polar surface area (TPSA) is 82.8 Å². The number of nitrogens with one attached hydrogen (secondary N) is 1. The molecule has 21 heavy (non-hydrogen) atoms. The Balaban J connectivity index is 1.86. The lowest BCUT2D eigenvalue weighted by molar-refractivity contribution is 0.561. The smallest absolute Gasteiger partial charge is 0.152 e. The molecule has 0 aromatic carbocycles. The highest BCUT2D eigenvalue weighted by Gasteiger charge is 2.26. The molecule has 0 bridgehead atoms. The van der Waals surface area contributed by atoms with Crippen molar-refractivity contribution in [3.63, 3.8) is 0 Å². The predicted molar refractivity (Wildman–Crippen MR) is 80.9 cm³/mol. The third kappa shape index (κ3) is 3.18. The zero-order chi connectivity index (χ0) is 14.9. The van der Waals surface area contributed by atoms with Crippen LogP contribution in [0.1, 0.15) is 42.5 Å². The standard InChI is InChI=1S/C15H19N3O2S/c16-9-12-8-11-4-1-2-6-14(11)18-15(12)17-13-5-3-7-21(19,20)10-13/h8,13H,1-7,10H2,(H,17,18). The number of hydrogen-bond acceptors (Lipinski definition) is 5. The van der Waals surface area contributed by atoms with Crippen molar-refractivity contribution in [1.82, 2.24) is 4.98 Å². The molecule has 1 aliphatic carbocycles. The van der Waals surface area contributed by atoms with Gasteiger partial charge in [0.15, 0.2) is 9.84 Å². The third-order valence-electron chi connectivity index (χ3n) is 4.23. The Morgan fingerprint density at radius 1 is 1.29 bits per heavy atom. The van der Waals surface area contributed by atoms with Crippen LogP contribution in [0.15, 0.2) is 6.07 Å². The Bertz CT molecular complexity index is 692. The average Bonchev–Trinajstić information content (AvgIpc) is 2.45. The summed E-state index contributed by atoms with van der Waals surface area (Å²) in [4.78, 5) is 4.60. The average molecular weight is 305 g/mol. The molecule has 0 radical (unpaired) electrons. The van der Waals surface area contributed by atoms with Crippen LogP contribution in [0.5, 0.6) is 0 Å². The molecule has 1 fully saturated rings. The molecule has 0 amide bonds. The van der Waals surface area contributed by atoms with Gasteiger partial charge in [-0.1, -0.05) is 0 Å². The molecular weight excluding hydrogens is 286 g/mol. The molecule has 6 heteroatoms. The van der Waals surface area contributed by atoms with Crippen LogP contribution in [0.25, 0.3) is 0 Å². The van der Waals surface area contributed by atoms with E-state index < -0.39 is 9.84 Å². The maximum atomic E-state index is 11.7. The minimum atomic E-state index is -2.96. The van der Waals surface area contributed by atoms with Gasteiger partial charge in [0, 0.05) is 11.7 Å². The van der Waals surface area contributed by atoms with Crippen molar-refractivity contribution >= 4 is 15.7 Å². The number of hydrogen-bond donors (Lipinski definition) is 1. The summed E-state index contributed by atoms with van der Waals surface area (Å²) in [6.45, 7) is 0. The van der Waals surface area contributed by atoms with Crippen molar-refractivity contribution in [3.8, 4) is 6.07 Å². The van der Waals surface area contributed by atoms with Gasteiger partial charge in [-0.25, -0.2) is 13.4 Å². The lowest BCUT2D eigenvalue weighted by Gasteiger charge is -2.25.